The summed E-state index contributed by atoms with van der Waals surface area (Å²) in [6, 6.07) is 7.52. The van der Waals surface area contributed by atoms with Crippen LogP contribution < -0.4 is 4.90 Å². The molecule has 0 radical (unpaired) electrons. The number of rotatable bonds is 1. The van der Waals surface area contributed by atoms with Crippen LogP contribution in [0, 0.1) is 0 Å². The van der Waals surface area contributed by atoms with Crippen LogP contribution in [0.1, 0.15) is 32.8 Å². The van der Waals surface area contributed by atoms with Crippen molar-refractivity contribution in [2.24, 2.45) is 0 Å². The number of anilines is 1. The SMILES string of the molecule is CCC1(C)C(=O)N(C(C)=O)c2ccccc21. The van der Waals surface area contributed by atoms with Gasteiger partial charge in [0.2, 0.25) is 11.8 Å². The van der Waals surface area contributed by atoms with Gasteiger partial charge in [0, 0.05) is 6.92 Å². The molecule has 2 amide bonds. The first-order chi connectivity index (χ1) is 7.52. The number of fused-ring (bicyclic) bond motifs is 1. The maximum atomic E-state index is 12.3. The quantitative estimate of drug-likeness (QED) is 0.723. The summed E-state index contributed by atoms with van der Waals surface area (Å²) >= 11 is 0. The van der Waals surface area contributed by atoms with Gasteiger partial charge in [-0.25, -0.2) is 4.90 Å². The fourth-order valence-electron chi connectivity index (χ4n) is 2.26. The summed E-state index contributed by atoms with van der Waals surface area (Å²) in [4.78, 5) is 25.1. The summed E-state index contributed by atoms with van der Waals surface area (Å²) in [6.45, 7) is 5.30. The highest BCUT2D eigenvalue weighted by Gasteiger charge is 2.47. The predicted octanol–water partition coefficient (Wildman–Crippen LogP) is 2.25. The van der Waals surface area contributed by atoms with E-state index < -0.39 is 5.41 Å². The zero-order chi connectivity index (χ0) is 11.9. The van der Waals surface area contributed by atoms with Gasteiger partial charge < -0.3 is 0 Å². The van der Waals surface area contributed by atoms with Crippen LogP contribution in [0.2, 0.25) is 0 Å². The third kappa shape index (κ3) is 1.21. The van der Waals surface area contributed by atoms with Crippen LogP contribution in [0.15, 0.2) is 24.3 Å². The molecule has 0 aromatic heterocycles. The van der Waals surface area contributed by atoms with Gasteiger partial charge in [-0.1, -0.05) is 25.1 Å². The van der Waals surface area contributed by atoms with Gasteiger partial charge in [-0.05, 0) is 25.0 Å². The molecule has 0 saturated heterocycles. The fraction of sp³-hybridized carbons (Fsp3) is 0.385. The van der Waals surface area contributed by atoms with Crippen molar-refractivity contribution in [1.82, 2.24) is 0 Å². The first-order valence-corrected chi connectivity index (χ1v) is 5.47. The molecule has 3 nitrogen and oxygen atoms in total. The van der Waals surface area contributed by atoms with Crippen molar-refractivity contribution >= 4 is 17.5 Å². The number of imide groups is 1. The van der Waals surface area contributed by atoms with Crippen molar-refractivity contribution in [3.05, 3.63) is 29.8 Å². The minimum atomic E-state index is -0.553. The highest BCUT2D eigenvalue weighted by molar-refractivity contribution is 6.22. The molecule has 1 atom stereocenters. The molecule has 0 N–H and O–H groups in total. The van der Waals surface area contributed by atoms with Gasteiger partial charge in [0.1, 0.15) is 0 Å². The standard InChI is InChI=1S/C13H15NO2/c1-4-13(3)10-7-5-6-8-11(10)14(9(2)15)12(13)16/h5-8H,4H2,1-3H3. The molecule has 84 valence electrons. The molecule has 0 aliphatic carbocycles. The number of hydrogen-bond acceptors (Lipinski definition) is 2. The van der Waals surface area contributed by atoms with Gasteiger partial charge in [-0.2, -0.15) is 0 Å². The Kier molecular flexibility index (Phi) is 2.34. The van der Waals surface area contributed by atoms with Crippen molar-refractivity contribution < 1.29 is 9.59 Å². The summed E-state index contributed by atoms with van der Waals surface area (Å²) in [5.74, 6) is -0.321. The van der Waals surface area contributed by atoms with Crippen LogP contribution >= 0.6 is 0 Å². The molecule has 0 fully saturated rings. The van der Waals surface area contributed by atoms with Crippen LogP contribution in [0.4, 0.5) is 5.69 Å². The van der Waals surface area contributed by atoms with Crippen LogP contribution in [-0.2, 0) is 15.0 Å². The monoisotopic (exact) mass is 217 g/mol. The summed E-state index contributed by atoms with van der Waals surface area (Å²) in [7, 11) is 0. The fourth-order valence-corrected chi connectivity index (χ4v) is 2.26. The van der Waals surface area contributed by atoms with E-state index in [0.29, 0.717) is 6.42 Å². The number of nitrogens with zero attached hydrogens (tertiary/aromatic N) is 1. The molecule has 3 heteroatoms. The van der Waals surface area contributed by atoms with Crippen LogP contribution in [0.3, 0.4) is 0 Å². The molecular weight excluding hydrogens is 202 g/mol. The zero-order valence-corrected chi connectivity index (χ0v) is 9.78. The van der Waals surface area contributed by atoms with Crippen LogP contribution in [0.25, 0.3) is 0 Å². The molecule has 2 rings (SSSR count). The second-order valence-electron chi connectivity index (χ2n) is 4.36. The van der Waals surface area contributed by atoms with Crippen molar-refractivity contribution in [2.45, 2.75) is 32.6 Å². The minimum Gasteiger partial charge on any atom is -0.274 e. The Balaban J connectivity index is 2.67. The maximum Gasteiger partial charge on any atom is 0.244 e. The second-order valence-corrected chi connectivity index (χ2v) is 4.36. The Bertz CT molecular complexity index is 467. The van der Waals surface area contributed by atoms with E-state index in [1.165, 1.54) is 11.8 Å². The summed E-state index contributed by atoms with van der Waals surface area (Å²) in [6.07, 6.45) is 0.701. The number of para-hydroxylation sites is 1. The van der Waals surface area contributed by atoms with E-state index in [2.05, 4.69) is 0 Å². The molecule has 1 aromatic carbocycles. The molecule has 0 spiro atoms. The molecule has 1 heterocycles. The number of carbonyl (C=O) groups excluding carboxylic acids is 2. The smallest absolute Gasteiger partial charge is 0.244 e. The highest BCUT2D eigenvalue weighted by atomic mass is 16.2. The highest BCUT2D eigenvalue weighted by Crippen LogP contribution is 2.43. The topological polar surface area (TPSA) is 37.4 Å². The Hall–Kier alpha value is -1.64. The lowest BCUT2D eigenvalue weighted by Crippen LogP contribution is -2.40. The van der Waals surface area contributed by atoms with E-state index in [1.807, 2.05) is 38.1 Å². The third-order valence-corrected chi connectivity index (χ3v) is 3.44. The lowest BCUT2D eigenvalue weighted by molar-refractivity contribution is -0.127. The molecular formula is C13H15NO2. The summed E-state index contributed by atoms with van der Waals surface area (Å²) in [5, 5.41) is 0. The van der Waals surface area contributed by atoms with Crippen molar-refractivity contribution in [3.8, 4) is 0 Å². The summed E-state index contributed by atoms with van der Waals surface area (Å²) in [5.41, 5.74) is 1.14. The lowest BCUT2D eigenvalue weighted by Gasteiger charge is -2.21. The second kappa shape index (κ2) is 3.44. The van der Waals surface area contributed by atoms with Gasteiger partial charge >= 0.3 is 0 Å². The number of benzene rings is 1. The Labute approximate surface area is 95.1 Å². The minimum absolute atomic E-state index is 0.108. The van der Waals surface area contributed by atoms with E-state index in [-0.39, 0.29) is 11.8 Å². The van der Waals surface area contributed by atoms with Crippen LogP contribution in [0.5, 0.6) is 0 Å². The van der Waals surface area contributed by atoms with Crippen molar-refractivity contribution in [2.75, 3.05) is 4.90 Å². The normalized spacial score (nSPS) is 23.4. The maximum absolute atomic E-state index is 12.3. The average molecular weight is 217 g/mol. The number of carbonyl (C=O) groups is 2. The van der Waals surface area contributed by atoms with Gasteiger partial charge in [0.25, 0.3) is 0 Å². The van der Waals surface area contributed by atoms with E-state index in [0.717, 1.165) is 11.3 Å². The van der Waals surface area contributed by atoms with Gasteiger partial charge in [0.05, 0.1) is 11.1 Å². The van der Waals surface area contributed by atoms with Gasteiger partial charge in [-0.3, -0.25) is 9.59 Å². The van der Waals surface area contributed by atoms with E-state index in [4.69, 9.17) is 0 Å². The number of hydrogen-bond donors (Lipinski definition) is 0. The van der Waals surface area contributed by atoms with Gasteiger partial charge in [0.15, 0.2) is 0 Å². The Morgan fingerprint density at radius 3 is 2.56 bits per heavy atom. The molecule has 1 aliphatic rings. The molecule has 0 saturated carbocycles. The molecule has 1 aliphatic heterocycles. The first-order valence-electron chi connectivity index (χ1n) is 5.47. The van der Waals surface area contributed by atoms with E-state index >= 15 is 0 Å². The summed E-state index contributed by atoms with van der Waals surface area (Å²) < 4.78 is 0. The largest absolute Gasteiger partial charge is 0.274 e. The Morgan fingerprint density at radius 1 is 1.38 bits per heavy atom. The van der Waals surface area contributed by atoms with Crippen LogP contribution in [-0.4, -0.2) is 11.8 Å². The lowest BCUT2D eigenvalue weighted by atomic mass is 9.81. The molecule has 1 unspecified atom stereocenters. The van der Waals surface area contributed by atoms with Gasteiger partial charge in [-0.15, -0.1) is 0 Å². The molecule has 1 aromatic rings. The van der Waals surface area contributed by atoms with Crippen molar-refractivity contribution in [1.29, 1.82) is 0 Å². The zero-order valence-electron chi connectivity index (χ0n) is 9.78. The van der Waals surface area contributed by atoms with E-state index in [1.54, 1.807) is 0 Å². The molecule has 0 bridgehead atoms. The first kappa shape index (κ1) is 10.9. The average Bonchev–Trinajstić information content (AvgIpc) is 2.50. The predicted molar refractivity (Wildman–Crippen MR) is 62.3 cm³/mol. The van der Waals surface area contributed by atoms with Crippen molar-refractivity contribution in [3.63, 3.8) is 0 Å². The van der Waals surface area contributed by atoms with E-state index in [9.17, 15) is 9.59 Å². The number of amides is 2. The molecule has 16 heavy (non-hydrogen) atoms. The Morgan fingerprint density at radius 2 is 2.00 bits per heavy atom. The third-order valence-electron chi connectivity index (χ3n) is 3.44.